The predicted molar refractivity (Wildman–Crippen MR) is 67.9 cm³/mol. The summed E-state index contributed by atoms with van der Waals surface area (Å²) in [5, 5.41) is 7.84. The zero-order valence-electron chi connectivity index (χ0n) is 11.6. The number of nitrogens with two attached hydrogens (primary N) is 1. The molecule has 1 aromatic rings. The molecule has 102 valence electrons. The van der Waals surface area contributed by atoms with E-state index >= 15 is 0 Å². The number of aryl methyl sites for hydroxylation is 1. The minimum atomic E-state index is -0.458. The van der Waals surface area contributed by atoms with E-state index in [0.29, 0.717) is 18.8 Å². The maximum atomic E-state index is 11.6. The summed E-state index contributed by atoms with van der Waals surface area (Å²) in [6.45, 7) is 9.45. The van der Waals surface area contributed by atoms with Crippen molar-refractivity contribution in [3.8, 4) is 0 Å². The number of rotatable bonds is 5. The van der Waals surface area contributed by atoms with E-state index in [4.69, 9.17) is 10.5 Å². The average molecular weight is 254 g/mol. The molecule has 0 bridgehead atoms. The normalized spacial score (nSPS) is 11.6. The van der Waals surface area contributed by atoms with Crippen LogP contribution in [0.1, 0.15) is 50.3 Å². The Balaban J connectivity index is 2.85. The van der Waals surface area contributed by atoms with Crippen molar-refractivity contribution in [3.63, 3.8) is 0 Å². The first-order valence-electron chi connectivity index (χ1n) is 6.18. The topological polar surface area (TPSA) is 83.0 Å². The number of carbonyl (C=O) groups excluding carboxylic acids is 1. The number of hydrogen-bond donors (Lipinski definition) is 1. The van der Waals surface area contributed by atoms with E-state index in [1.54, 1.807) is 11.6 Å². The third-order valence-corrected chi connectivity index (χ3v) is 2.57. The molecule has 2 N–H and O–H groups in total. The van der Waals surface area contributed by atoms with Gasteiger partial charge in [0.15, 0.2) is 5.69 Å². The second-order valence-electron chi connectivity index (χ2n) is 5.34. The molecule has 0 amide bonds. The lowest BCUT2D eigenvalue weighted by atomic mass is 9.92. The lowest BCUT2D eigenvalue weighted by molar-refractivity contribution is 0.0518. The number of nitrogens with zero attached hydrogens (tertiary/aromatic N) is 3. The van der Waals surface area contributed by atoms with Gasteiger partial charge in [-0.05, 0) is 18.8 Å². The summed E-state index contributed by atoms with van der Waals surface area (Å²) >= 11 is 0. The molecule has 0 saturated carbocycles. The molecule has 0 radical (unpaired) electrons. The van der Waals surface area contributed by atoms with Crippen molar-refractivity contribution < 1.29 is 9.53 Å². The molecule has 1 heterocycles. The molecule has 0 aliphatic carbocycles. The summed E-state index contributed by atoms with van der Waals surface area (Å²) in [7, 11) is 0. The third kappa shape index (κ3) is 3.80. The van der Waals surface area contributed by atoms with E-state index in [1.165, 1.54) is 0 Å². The Morgan fingerprint density at radius 3 is 2.61 bits per heavy atom. The molecular formula is C12H22N4O2. The van der Waals surface area contributed by atoms with Crippen LogP contribution in [0.3, 0.4) is 0 Å². The number of esters is 1. The predicted octanol–water partition coefficient (Wildman–Crippen LogP) is 1.35. The monoisotopic (exact) mass is 254 g/mol. The molecule has 0 aromatic carbocycles. The second-order valence-corrected chi connectivity index (χ2v) is 5.34. The van der Waals surface area contributed by atoms with Crippen LogP contribution in [0.2, 0.25) is 0 Å². The van der Waals surface area contributed by atoms with E-state index in [-0.39, 0.29) is 17.7 Å². The van der Waals surface area contributed by atoms with Crippen molar-refractivity contribution in [2.75, 3.05) is 6.61 Å². The van der Waals surface area contributed by atoms with E-state index in [2.05, 4.69) is 31.1 Å². The van der Waals surface area contributed by atoms with Crippen molar-refractivity contribution in [3.05, 3.63) is 11.4 Å². The van der Waals surface area contributed by atoms with Gasteiger partial charge in [-0.2, -0.15) is 0 Å². The fraction of sp³-hybridized carbons (Fsp3) is 0.750. The average Bonchev–Trinajstić information content (AvgIpc) is 2.68. The summed E-state index contributed by atoms with van der Waals surface area (Å²) < 4.78 is 6.61. The fourth-order valence-corrected chi connectivity index (χ4v) is 1.51. The Bertz CT molecular complexity index is 407. The van der Waals surface area contributed by atoms with Crippen LogP contribution in [-0.2, 0) is 17.8 Å². The van der Waals surface area contributed by atoms with Crippen molar-refractivity contribution in [1.29, 1.82) is 0 Å². The smallest absolute Gasteiger partial charge is 0.360 e. The van der Waals surface area contributed by atoms with Gasteiger partial charge in [-0.15, -0.1) is 5.10 Å². The van der Waals surface area contributed by atoms with E-state index in [0.717, 1.165) is 6.42 Å². The van der Waals surface area contributed by atoms with Crippen LogP contribution in [0.5, 0.6) is 0 Å². The van der Waals surface area contributed by atoms with Crippen molar-refractivity contribution in [1.82, 2.24) is 15.0 Å². The number of ether oxygens (including phenoxy) is 1. The molecular weight excluding hydrogens is 232 g/mol. The Morgan fingerprint density at radius 2 is 2.11 bits per heavy atom. The van der Waals surface area contributed by atoms with Crippen LogP contribution in [0.15, 0.2) is 0 Å². The summed E-state index contributed by atoms with van der Waals surface area (Å²) in [6, 6.07) is 0. The molecule has 1 rings (SSSR count). The van der Waals surface area contributed by atoms with E-state index in [1.807, 2.05) is 0 Å². The molecule has 0 fully saturated rings. The first kappa shape index (κ1) is 14.6. The van der Waals surface area contributed by atoms with Gasteiger partial charge in [0.05, 0.1) is 12.3 Å². The maximum Gasteiger partial charge on any atom is 0.360 e. The molecule has 6 heteroatoms. The molecule has 0 unspecified atom stereocenters. The lowest BCUT2D eigenvalue weighted by Crippen LogP contribution is -2.17. The number of carbonyl (C=O) groups is 1. The largest absolute Gasteiger partial charge is 0.461 e. The lowest BCUT2D eigenvalue weighted by Gasteiger charge is -2.18. The van der Waals surface area contributed by atoms with Gasteiger partial charge in [-0.3, -0.25) is 0 Å². The molecule has 0 saturated heterocycles. The highest BCUT2D eigenvalue weighted by Gasteiger charge is 2.20. The third-order valence-electron chi connectivity index (χ3n) is 2.57. The minimum Gasteiger partial charge on any atom is -0.461 e. The van der Waals surface area contributed by atoms with Gasteiger partial charge in [0.25, 0.3) is 0 Å². The Morgan fingerprint density at radius 1 is 1.44 bits per heavy atom. The maximum absolute atomic E-state index is 11.6. The van der Waals surface area contributed by atoms with Crippen LogP contribution < -0.4 is 5.73 Å². The van der Waals surface area contributed by atoms with Crippen molar-refractivity contribution in [2.24, 2.45) is 11.1 Å². The van der Waals surface area contributed by atoms with Gasteiger partial charge in [0.1, 0.15) is 0 Å². The fourth-order valence-electron chi connectivity index (χ4n) is 1.51. The van der Waals surface area contributed by atoms with Crippen LogP contribution in [0.25, 0.3) is 0 Å². The highest BCUT2D eigenvalue weighted by atomic mass is 16.5. The summed E-state index contributed by atoms with van der Waals surface area (Å²) in [6.07, 6.45) is 0.936. The SMILES string of the molecule is CCOC(=O)c1nnn(CCC(C)(C)C)c1CN. The Labute approximate surface area is 107 Å². The van der Waals surface area contributed by atoms with Gasteiger partial charge in [0.2, 0.25) is 0 Å². The minimum absolute atomic E-state index is 0.196. The molecule has 18 heavy (non-hydrogen) atoms. The standard InChI is InChI=1S/C12H22N4O2/c1-5-18-11(17)10-9(8-13)16(15-14-10)7-6-12(2,3)4/h5-8,13H2,1-4H3. The van der Waals surface area contributed by atoms with Crippen molar-refractivity contribution >= 4 is 5.97 Å². The van der Waals surface area contributed by atoms with Crippen LogP contribution in [0, 0.1) is 5.41 Å². The molecule has 6 nitrogen and oxygen atoms in total. The summed E-state index contributed by atoms with van der Waals surface area (Å²) in [4.78, 5) is 11.6. The van der Waals surface area contributed by atoms with Gasteiger partial charge in [-0.1, -0.05) is 26.0 Å². The highest BCUT2D eigenvalue weighted by Crippen LogP contribution is 2.20. The summed E-state index contributed by atoms with van der Waals surface area (Å²) in [5.74, 6) is -0.458. The van der Waals surface area contributed by atoms with Gasteiger partial charge < -0.3 is 10.5 Å². The van der Waals surface area contributed by atoms with Gasteiger partial charge in [-0.25, -0.2) is 9.48 Å². The van der Waals surface area contributed by atoms with Crippen LogP contribution in [0.4, 0.5) is 0 Å². The quantitative estimate of drug-likeness (QED) is 0.802. The first-order valence-corrected chi connectivity index (χ1v) is 6.18. The second kappa shape index (κ2) is 5.95. The number of hydrogen-bond acceptors (Lipinski definition) is 5. The molecule has 0 aliphatic rings. The number of aromatic nitrogens is 3. The molecule has 1 aromatic heterocycles. The first-order chi connectivity index (χ1) is 8.39. The van der Waals surface area contributed by atoms with Gasteiger partial charge >= 0.3 is 5.97 Å². The van der Waals surface area contributed by atoms with Crippen LogP contribution in [-0.4, -0.2) is 27.6 Å². The van der Waals surface area contributed by atoms with Crippen molar-refractivity contribution in [2.45, 2.75) is 47.2 Å². The summed E-state index contributed by atoms with van der Waals surface area (Å²) in [5.41, 5.74) is 6.72. The zero-order chi connectivity index (χ0) is 13.8. The van der Waals surface area contributed by atoms with E-state index in [9.17, 15) is 4.79 Å². The Hall–Kier alpha value is -1.43. The highest BCUT2D eigenvalue weighted by molar-refractivity contribution is 5.88. The van der Waals surface area contributed by atoms with E-state index < -0.39 is 5.97 Å². The molecule has 0 spiro atoms. The Kier molecular flexibility index (Phi) is 4.84. The molecule has 0 aliphatic heterocycles. The van der Waals surface area contributed by atoms with Crippen LogP contribution >= 0.6 is 0 Å². The molecule has 0 atom stereocenters. The van der Waals surface area contributed by atoms with Gasteiger partial charge in [0, 0.05) is 13.1 Å². The zero-order valence-corrected chi connectivity index (χ0v) is 11.6.